The highest BCUT2D eigenvalue weighted by atomic mass is 16.5. The molecule has 8 nitrogen and oxygen atoms in total. The molecule has 1 aliphatic heterocycles. The van der Waals surface area contributed by atoms with Gasteiger partial charge in [0, 0.05) is 12.8 Å². The number of ether oxygens (including phenoxy) is 2. The molecule has 8 heteroatoms. The van der Waals surface area contributed by atoms with Crippen LogP contribution in [0.25, 0.3) is 0 Å². The molecule has 0 spiro atoms. The van der Waals surface area contributed by atoms with Crippen LogP contribution in [0.2, 0.25) is 0 Å². The Kier molecular flexibility index (Phi) is 4.71. The average molecular weight is 303 g/mol. The van der Waals surface area contributed by atoms with Gasteiger partial charge in [0.25, 0.3) is 5.91 Å². The van der Waals surface area contributed by atoms with E-state index in [9.17, 15) is 4.79 Å². The monoisotopic (exact) mass is 303 g/mol. The van der Waals surface area contributed by atoms with E-state index in [2.05, 4.69) is 25.5 Å². The van der Waals surface area contributed by atoms with Crippen molar-refractivity contribution < 1.29 is 14.3 Å². The Bertz CT molecular complexity index is 590. The summed E-state index contributed by atoms with van der Waals surface area (Å²) in [5.41, 5.74) is 0.841. The second kappa shape index (κ2) is 7.10. The molecule has 2 atom stereocenters. The van der Waals surface area contributed by atoms with Crippen LogP contribution in [0, 0.1) is 0 Å². The van der Waals surface area contributed by atoms with Crippen LogP contribution in [-0.2, 0) is 16.1 Å². The number of carbonyl (C=O) groups is 1. The van der Waals surface area contributed by atoms with Crippen LogP contribution in [0.1, 0.15) is 22.7 Å². The van der Waals surface area contributed by atoms with Crippen LogP contribution in [-0.4, -0.2) is 51.4 Å². The minimum atomic E-state index is -0.296. The van der Waals surface area contributed by atoms with Crippen molar-refractivity contribution in [2.45, 2.75) is 25.2 Å². The molecular formula is C14H17N5O3. The Morgan fingerprint density at radius 3 is 3.18 bits per heavy atom. The first kappa shape index (κ1) is 14.6. The molecule has 0 aliphatic carbocycles. The number of aromatic nitrogens is 4. The zero-order valence-electron chi connectivity index (χ0n) is 11.9. The molecule has 0 bridgehead atoms. The molecule has 0 saturated carbocycles. The third kappa shape index (κ3) is 3.66. The first-order valence-corrected chi connectivity index (χ1v) is 7.08. The summed E-state index contributed by atoms with van der Waals surface area (Å²) in [7, 11) is 0. The number of nitrogens with zero attached hydrogens (tertiary/aromatic N) is 3. The summed E-state index contributed by atoms with van der Waals surface area (Å²) in [6.45, 7) is 1.41. The Morgan fingerprint density at radius 2 is 2.41 bits per heavy atom. The number of pyridine rings is 1. The van der Waals surface area contributed by atoms with Crippen molar-refractivity contribution in [1.82, 2.24) is 25.5 Å². The lowest BCUT2D eigenvalue weighted by molar-refractivity contribution is -0.0743. The summed E-state index contributed by atoms with van der Waals surface area (Å²) in [5, 5.41) is 9.12. The van der Waals surface area contributed by atoms with Crippen molar-refractivity contribution in [1.29, 1.82) is 0 Å². The number of hydrogen-bond acceptors (Lipinski definition) is 6. The SMILES string of the molecule is O=C(N[C@@H]1CCOC[C@H]1OCc1ccccn1)c1ncn[nH]1. The highest BCUT2D eigenvalue weighted by Gasteiger charge is 2.29. The van der Waals surface area contributed by atoms with Gasteiger partial charge >= 0.3 is 0 Å². The Hall–Kier alpha value is -2.32. The van der Waals surface area contributed by atoms with Gasteiger partial charge in [-0.3, -0.25) is 14.9 Å². The molecule has 2 N–H and O–H groups in total. The van der Waals surface area contributed by atoms with Crippen LogP contribution in [0.3, 0.4) is 0 Å². The number of carbonyl (C=O) groups excluding carboxylic acids is 1. The van der Waals surface area contributed by atoms with Crippen molar-refractivity contribution in [2.24, 2.45) is 0 Å². The summed E-state index contributed by atoms with van der Waals surface area (Å²) in [5.74, 6) is -0.106. The van der Waals surface area contributed by atoms with E-state index in [1.165, 1.54) is 6.33 Å². The lowest BCUT2D eigenvalue weighted by Gasteiger charge is -2.31. The summed E-state index contributed by atoms with van der Waals surface area (Å²) >= 11 is 0. The van der Waals surface area contributed by atoms with E-state index in [-0.39, 0.29) is 23.9 Å². The zero-order chi connectivity index (χ0) is 15.2. The molecule has 1 fully saturated rings. The van der Waals surface area contributed by atoms with Gasteiger partial charge in [-0.2, -0.15) is 5.10 Å². The summed E-state index contributed by atoms with van der Waals surface area (Å²) in [4.78, 5) is 20.1. The predicted molar refractivity (Wildman–Crippen MR) is 75.9 cm³/mol. The minimum absolute atomic E-state index is 0.130. The van der Waals surface area contributed by atoms with Gasteiger partial charge in [-0.1, -0.05) is 6.07 Å². The molecule has 22 heavy (non-hydrogen) atoms. The largest absolute Gasteiger partial charge is 0.379 e. The Morgan fingerprint density at radius 1 is 1.45 bits per heavy atom. The predicted octanol–water partition coefficient (Wildman–Crippen LogP) is 0.304. The number of amides is 1. The maximum atomic E-state index is 12.0. The first-order chi connectivity index (χ1) is 10.8. The highest BCUT2D eigenvalue weighted by Crippen LogP contribution is 2.13. The normalized spacial score (nSPS) is 21.5. The third-order valence-corrected chi connectivity index (χ3v) is 3.42. The van der Waals surface area contributed by atoms with Crippen molar-refractivity contribution in [3.8, 4) is 0 Å². The quantitative estimate of drug-likeness (QED) is 0.824. The molecule has 1 aliphatic rings. The average Bonchev–Trinajstić information content (AvgIpc) is 3.10. The van der Waals surface area contributed by atoms with Crippen molar-refractivity contribution in [3.05, 3.63) is 42.2 Å². The van der Waals surface area contributed by atoms with Crippen LogP contribution in [0.15, 0.2) is 30.7 Å². The van der Waals surface area contributed by atoms with Gasteiger partial charge in [-0.05, 0) is 18.6 Å². The van der Waals surface area contributed by atoms with Crippen molar-refractivity contribution in [3.63, 3.8) is 0 Å². The number of aromatic amines is 1. The van der Waals surface area contributed by atoms with Gasteiger partial charge in [0.2, 0.25) is 5.82 Å². The number of nitrogens with one attached hydrogen (secondary N) is 2. The second-order valence-electron chi connectivity index (χ2n) is 4.95. The number of rotatable bonds is 5. The van der Waals surface area contributed by atoms with Gasteiger partial charge in [0.1, 0.15) is 12.4 Å². The lowest BCUT2D eigenvalue weighted by Crippen LogP contribution is -2.50. The van der Waals surface area contributed by atoms with Gasteiger partial charge in [0.15, 0.2) is 0 Å². The molecule has 2 aromatic rings. The van der Waals surface area contributed by atoms with E-state index in [0.29, 0.717) is 26.2 Å². The Balaban J connectivity index is 1.57. The van der Waals surface area contributed by atoms with E-state index in [1.54, 1.807) is 6.20 Å². The third-order valence-electron chi connectivity index (χ3n) is 3.42. The fourth-order valence-corrected chi connectivity index (χ4v) is 2.27. The van der Waals surface area contributed by atoms with Crippen LogP contribution < -0.4 is 5.32 Å². The van der Waals surface area contributed by atoms with Gasteiger partial charge < -0.3 is 14.8 Å². The Labute approximate surface area is 127 Å². The highest BCUT2D eigenvalue weighted by molar-refractivity contribution is 5.90. The van der Waals surface area contributed by atoms with Gasteiger partial charge in [-0.25, -0.2) is 4.98 Å². The van der Waals surface area contributed by atoms with Gasteiger partial charge in [0.05, 0.1) is 24.9 Å². The molecule has 1 saturated heterocycles. The number of H-pyrrole nitrogens is 1. The smallest absolute Gasteiger partial charge is 0.288 e. The zero-order valence-corrected chi connectivity index (χ0v) is 11.9. The van der Waals surface area contributed by atoms with Crippen LogP contribution in [0.4, 0.5) is 0 Å². The van der Waals surface area contributed by atoms with Crippen molar-refractivity contribution >= 4 is 5.91 Å². The molecular weight excluding hydrogens is 286 g/mol. The van der Waals surface area contributed by atoms with E-state index in [4.69, 9.17) is 9.47 Å². The minimum Gasteiger partial charge on any atom is -0.379 e. The van der Waals surface area contributed by atoms with E-state index in [0.717, 1.165) is 5.69 Å². The maximum absolute atomic E-state index is 12.0. The standard InChI is InChI=1S/C14H17N5O3/c20-14(13-16-9-17-19-13)18-11-4-6-21-8-12(11)22-7-10-3-1-2-5-15-10/h1-3,5,9,11-12H,4,6-8H2,(H,18,20)(H,16,17,19)/t11-,12-/m1/s1. The summed E-state index contributed by atoms with van der Waals surface area (Å²) in [6.07, 6.45) is 3.49. The molecule has 3 heterocycles. The number of hydrogen-bond donors (Lipinski definition) is 2. The van der Waals surface area contributed by atoms with Crippen molar-refractivity contribution in [2.75, 3.05) is 13.2 Å². The van der Waals surface area contributed by atoms with E-state index in [1.807, 2.05) is 18.2 Å². The summed E-state index contributed by atoms with van der Waals surface area (Å²) < 4.78 is 11.3. The first-order valence-electron chi connectivity index (χ1n) is 7.08. The molecule has 116 valence electrons. The molecule has 1 amide bonds. The topological polar surface area (TPSA) is 102 Å². The maximum Gasteiger partial charge on any atom is 0.288 e. The molecule has 3 rings (SSSR count). The fourth-order valence-electron chi connectivity index (χ4n) is 2.27. The van der Waals surface area contributed by atoms with E-state index >= 15 is 0 Å². The van der Waals surface area contributed by atoms with Crippen LogP contribution >= 0.6 is 0 Å². The fraction of sp³-hybridized carbons (Fsp3) is 0.429. The summed E-state index contributed by atoms with van der Waals surface area (Å²) in [6, 6.07) is 5.53. The second-order valence-corrected chi connectivity index (χ2v) is 4.95. The molecule has 0 radical (unpaired) electrons. The van der Waals surface area contributed by atoms with Gasteiger partial charge in [-0.15, -0.1) is 0 Å². The lowest BCUT2D eigenvalue weighted by atomic mass is 10.1. The van der Waals surface area contributed by atoms with Crippen LogP contribution in [0.5, 0.6) is 0 Å². The molecule has 2 aromatic heterocycles. The molecule has 0 aromatic carbocycles. The molecule has 0 unspecified atom stereocenters. The van der Waals surface area contributed by atoms with E-state index < -0.39 is 0 Å².